The number of halogens is 1. The summed E-state index contributed by atoms with van der Waals surface area (Å²) < 4.78 is 18.7. The number of aromatic nitrogens is 3. The Labute approximate surface area is 173 Å². The topological polar surface area (TPSA) is 67.9 Å². The summed E-state index contributed by atoms with van der Waals surface area (Å²) in [5.41, 5.74) is 3.77. The Morgan fingerprint density at radius 3 is 2.60 bits per heavy atom. The van der Waals surface area contributed by atoms with E-state index < -0.39 is 5.97 Å². The van der Waals surface area contributed by atoms with Gasteiger partial charge in [-0.2, -0.15) is 5.10 Å². The van der Waals surface area contributed by atoms with Gasteiger partial charge in [0, 0.05) is 28.7 Å². The lowest BCUT2D eigenvalue weighted by atomic mass is 9.93. The van der Waals surface area contributed by atoms with E-state index in [1.165, 1.54) is 18.2 Å². The summed E-state index contributed by atoms with van der Waals surface area (Å²) in [4.78, 5) is 17.0. The summed E-state index contributed by atoms with van der Waals surface area (Å²) in [5.74, 6) is -0.568. The summed E-state index contributed by atoms with van der Waals surface area (Å²) in [7, 11) is 0. The van der Waals surface area contributed by atoms with Crippen molar-refractivity contribution in [3.8, 4) is 17.1 Å². The Kier molecular flexibility index (Phi) is 5.39. The predicted molar refractivity (Wildman–Crippen MR) is 114 cm³/mol. The Bertz CT molecular complexity index is 1230. The molecule has 0 radical (unpaired) electrons. The quantitative estimate of drug-likeness (QED) is 0.359. The number of carbonyl (C=O) groups is 1. The second-order valence-corrected chi connectivity index (χ2v) is 7.18. The molecule has 2 aromatic heterocycles. The fourth-order valence-electron chi connectivity index (χ4n) is 3.26. The highest BCUT2D eigenvalue weighted by Gasteiger charge is 2.17. The number of carbonyl (C=O) groups excluding carboxylic acids is 1. The summed E-state index contributed by atoms with van der Waals surface area (Å²) in [6.07, 6.45) is 3.12. The molecule has 0 bridgehead atoms. The molecule has 0 aliphatic heterocycles. The fourth-order valence-corrected chi connectivity index (χ4v) is 3.26. The molecule has 4 rings (SSSR count). The number of nitrogens with zero attached hydrogens (tertiary/aromatic N) is 2. The first-order chi connectivity index (χ1) is 14.5. The first kappa shape index (κ1) is 19.5. The molecular formula is C24H20FN3O2. The Morgan fingerprint density at radius 2 is 1.83 bits per heavy atom. The maximum absolute atomic E-state index is 13.3. The van der Waals surface area contributed by atoms with Crippen LogP contribution in [0.5, 0.6) is 5.88 Å². The average Bonchev–Trinajstić information content (AvgIpc) is 3.21. The summed E-state index contributed by atoms with van der Waals surface area (Å²) in [6.45, 7) is 3.96. The number of ether oxygens (including phenoxy) is 1. The molecule has 150 valence electrons. The molecular weight excluding hydrogens is 381 g/mol. The minimum absolute atomic E-state index is 0.0268. The summed E-state index contributed by atoms with van der Waals surface area (Å²) >= 11 is 0. The number of esters is 1. The number of para-hydroxylation sites is 1. The van der Waals surface area contributed by atoms with Gasteiger partial charge in [0.05, 0.1) is 17.4 Å². The van der Waals surface area contributed by atoms with Crippen molar-refractivity contribution in [3.63, 3.8) is 0 Å². The smallest absolute Gasteiger partial charge is 0.337 e. The molecule has 0 amide bonds. The van der Waals surface area contributed by atoms with Crippen molar-refractivity contribution in [3.05, 3.63) is 84.3 Å². The lowest BCUT2D eigenvalue weighted by Gasteiger charge is -2.12. The van der Waals surface area contributed by atoms with Gasteiger partial charge in [0.25, 0.3) is 0 Å². The molecule has 0 saturated carbocycles. The van der Waals surface area contributed by atoms with Gasteiger partial charge in [-0.3, -0.25) is 5.10 Å². The Hall–Kier alpha value is -3.80. The van der Waals surface area contributed by atoms with Crippen molar-refractivity contribution >= 4 is 22.4 Å². The van der Waals surface area contributed by atoms with E-state index in [9.17, 15) is 9.18 Å². The van der Waals surface area contributed by atoms with Crippen LogP contribution in [0.15, 0.2) is 72.9 Å². The third-order valence-corrected chi connectivity index (χ3v) is 4.76. The molecule has 0 aliphatic carbocycles. The number of allylic oxidation sites excluding steroid dienone is 1. The summed E-state index contributed by atoms with van der Waals surface area (Å²) in [6, 6.07) is 17.3. The third kappa shape index (κ3) is 4.12. The number of hydrogen-bond donors (Lipinski definition) is 1. The van der Waals surface area contributed by atoms with Gasteiger partial charge in [-0.25, -0.2) is 14.2 Å². The molecule has 0 saturated heterocycles. The maximum atomic E-state index is 13.3. The number of nitrogens with one attached hydrogen (secondary N) is 1. The average molecular weight is 401 g/mol. The number of pyridine rings is 1. The molecule has 0 atom stereocenters. The van der Waals surface area contributed by atoms with E-state index in [0.717, 1.165) is 27.6 Å². The van der Waals surface area contributed by atoms with Gasteiger partial charge in [-0.15, -0.1) is 0 Å². The minimum atomic E-state index is -0.521. The van der Waals surface area contributed by atoms with Crippen LogP contribution in [-0.2, 0) is 4.79 Å². The van der Waals surface area contributed by atoms with Crippen molar-refractivity contribution in [1.29, 1.82) is 0 Å². The van der Waals surface area contributed by atoms with Gasteiger partial charge in [-0.1, -0.05) is 32.0 Å². The van der Waals surface area contributed by atoms with E-state index in [1.807, 2.05) is 44.2 Å². The normalized spacial score (nSPS) is 11.8. The molecule has 0 spiro atoms. The Balaban J connectivity index is 1.63. The van der Waals surface area contributed by atoms with Crippen molar-refractivity contribution in [2.24, 2.45) is 5.92 Å². The number of benzene rings is 2. The summed E-state index contributed by atoms with van der Waals surface area (Å²) in [5, 5.41) is 8.04. The second-order valence-electron chi connectivity index (χ2n) is 7.18. The highest BCUT2D eigenvalue weighted by molar-refractivity contribution is 5.95. The second kappa shape index (κ2) is 8.29. The monoisotopic (exact) mass is 401 g/mol. The minimum Gasteiger partial charge on any atom is -0.404 e. The van der Waals surface area contributed by atoms with Crippen molar-refractivity contribution in [2.75, 3.05) is 0 Å². The van der Waals surface area contributed by atoms with E-state index in [0.29, 0.717) is 5.69 Å². The van der Waals surface area contributed by atoms with E-state index >= 15 is 0 Å². The van der Waals surface area contributed by atoms with Crippen molar-refractivity contribution < 1.29 is 13.9 Å². The van der Waals surface area contributed by atoms with Gasteiger partial charge in [-0.05, 0) is 47.9 Å². The van der Waals surface area contributed by atoms with Crippen LogP contribution in [0.3, 0.4) is 0 Å². The number of H-pyrrole nitrogens is 1. The molecule has 0 aliphatic rings. The van der Waals surface area contributed by atoms with Crippen LogP contribution in [0.4, 0.5) is 4.39 Å². The third-order valence-electron chi connectivity index (χ3n) is 4.76. The molecule has 4 aromatic rings. The van der Waals surface area contributed by atoms with Crippen LogP contribution >= 0.6 is 0 Å². The zero-order chi connectivity index (χ0) is 21.1. The van der Waals surface area contributed by atoms with Crippen LogP contribution in [0, 0.1) is 11.7 Å². The van der Waals surface area contributed by atoms with Crippen LogP contribution in [0.2, 0.25) is 0 Å². The molecule has 6 heteroatoms. The first-order valence-electron chi connectivity index (χ1n) is 9.60. The molecule has 1 N–H and O–H groups in total. The number of hydrogen-bond acceptors (Lipinski definition) is 4. The first-order valence-corrected chi connectivity index (χ1v) is 9.60. The van der Waals surface area contributed by atoms with Crippen LogP contribution in [-0.4, -0.2) is 21.2 Å². The molecule has 2 heterocycles. The van der Waals surface area contributed by atoms with E-state index in [1.54, 1.807) is 24.4 Å². The maximum Gasteiger partial charge on any atom is 0.337 e. The van der Waals surface area contributed by atoms with Crippen LogP contribution < -0.4 is 4.74 Å². The molecule has 0 unspecified atom stereocenters. The Morgan fingerprint density at radius 1 is 1.07 bits per heavy atom. The van der Waals surface area contributed by atoms with Gasteiger partial charge in [0.1, 0.15) is 5.82 Å². The molecule has 0 fully saturated rings. The van der Waals surface area contributed by atoms with E-state index in [2.05, 4.69) is 15.2 Å². The molecule has 5 nitrogen and oxygen atoms in total. The number of aromatic amines is 1. The molecule has 30 heavy (non-hydrogen) atoms. The predicted octanol–water partition coefficient (Wildman–Crippen LogP) is 5.41. The van der Waals surface area contributed by atoms with Crippen molar-refractivity contribution in [2.45, 2.75) is 13.8 Å². The lowest BCUT2D eigenvalue weighted by molar-refractivity contribution is -0.129. The lowest BCUT2D eigenvalue weighted by Crippen LogP contribution is -2.08. The van der Waals surface area contributed by atoms with Crippen molar-refractivity contribution in [1.82, 2.24) is 15.2 Å². The van der Waals surface area contributed by atoms with Gasteiger partial charge in [0.2, 0.25) is 5.88 Å². The largest absolute Gasteiger partial charge is 0.404 e. The zero-order valence-corrected chi connectivity index (χ0v) is 16.6. The van der Waals surface area contributed by atoms with Gasteiger partial charge in [0.15, 0.2) is 0 Å². The van der Waals surface area contributed by atoms with Gasteiger partial charge >= 0.3 is 5.97 Å². The SMILES string of the molecule is CC(C)C(=CC(=O)Oc1ccc2ccccc2n1)c1cn[nH]c1-c1ccc(F)cc1. The number of fused-ring (bicyclic) bond motifs is 1. The van der Waals surface area contributed by atoms with Crippen LogP contribution in [0.1, 0.15) is 19.4 Å². The van der Waals surface area contributed by atoms with Crippen LogP contribution in [0.25, 0.3) is 27.7 Å². The standard InChI is InChI=1S/C24H20FN3O2/c1-15(2)19(20-14-26-28-24(20)17-7-10-18(25)11-8-17)13-23(29)30-22-12-9-16-5-3-4-6-21(16)27-22/h3-15H,1-2H3,(H,26,28). The van der Waals surface area contributed by atoms with Gasteiger partial charge < -0.3 is 4.74 Å². The highest BCUT2D eigenvalue weighted by Crippen LogP contribution is 2.31. The zero-order valence-electron chi connectivity index (χ0n) is 16.6. The number of rotatable bonds is 5. The van der Waals surface area contributed by atoms with E-state index in [4.69, 9.17) is 4.74 Å². The molecule has 2 aromatic carbocycles. The van der Waals surface area contributed by atoms with E-state index in [-0.39, 0.29) is 17.6 Å². The fraction of sp³-hybridized carbons (Fsp3) is 0.125. The highest BCUT2D eigenvalue weighted by atomic mass is 19.1.